The molecule has 11 heteroatoms. The van der Waals surface area contributed by atoms with Crippen molar-refractivity contribution in [2.45, 2.75) is 60.4 Å². The first-order valence-corrected chi connectivity index (χ1v) is 13.1. The number of aliphatic hydroxyl groups is 1. The standard InChI is InChI=1S/C27H24N2O9/c30-17-9-16-21-20-13(5-8-35-16)12-28-7-6-25-14-3-1-2-4-15(14)29(17)27(21,25)37-19(32)11-24(34)10-18(31)36-26(20,22(25)28)38-23(24)33/h1-5,16,20-22,34H,6-12H2/t16?,20-,21-,22-,24?,25+,26?,27?/m0/s1. The van der Waals surface area contributed by atoms with Gasteiger partial charge in [-0.1, -0.05) is 24.3 Å². The molecule has 1 aromatic carbocycles. The molecule has 7 fully saturated rings. The summed E-state index contributed by atoms with van der Waals surface area (Å²) in [6.07, 6.45) is 0.195. The molecule has 0 radical (unpaired) electrons. The van der Waals surface area contributed by atoms with Crippen molar-refractivity contribution >= 4 is 29.5 Å². The monoisotopic (exact) mass is 520 g/mol. The van der Waals surface area contributed by atoms with Crippen LogP contribution in [0.1, 0.15) is 31.2 Å². The minimum absolute atomic E-state index is 0.0301. The van der Waals surface area contributed by atoms with Gasteiger partial charge in [0.15, 0.2) is 5.60 Å². The van der Waals surface area contributed by atoms with E-state index >= 15 is 0 Å². The van der Waals surface area contributed by atoms with Crippen molar-refractivity contribution in [2.24, 2.45) is 11.8 Å². The summed E-state index contributed by atoms with van der Waals surface area (Å²) in [7, 11) is 0. The molecule has 8 aliphatic heterocycles. The Bertz CT molecular complexity index is 1440. The average molecular weight is 520 g/mol. The second-order valence-corrected chi connectivity index (χ2v) is 11.8. The first kappa shape index (κ1) is 21.6. The quantitative estimate of drug-likeness (QED) is 0.365. The molecule has 4 unspecified atom stereocenters. The van der Waals surface area contributed by atoms with E-state index in [9.17, 15) is 24.3 Å². The van der Waals surface area contributed by atoms with Gasteiger partial charge in [-0.25, -0.2) is 4.79 Å². The molecule has 3 spiro atoms. The van der Waals surface area contributed by atoms with E-state index in [1.165, 1.54) is 0 Å². The molecule has 10 rings (SSSR count). The molecule has 1 saturated carbocycles. The van der Waals surface area contributed by atoms with E-state index in [4.69, 9.17) is 18.9 Å². The molecule has 38 heavy (non-hydrogen) atoms. The molecule has 0 aromatic heterocycles. The Kier molecular flexibility index (Phi) is 3.58. The van der Waals surface area contributed by atoms with Crippen LogP contribution in [0.4, 0.5) is 5.69 Å². The van der Waals surface area contributed by atoms with Crippen molar-refractivity contribution < 1.29 is 43.2 Å². The highest BCUT2D eigenvalue weighted by Crippen LogP contribution is 2.74. The van der Waals surface area contributed by atoms with Gasteiger partial charge in [0.1, 0.15) is 6.04 Å². The second-order valence-electron chi connectivity index (χ2n) is 11.8. The average Bonchev–Trinajstić information content (AvgIpc) is 3.25. The van der Waals surface area contributed by atoms with Gasteiger partial charge in [0.2, 0.25) is 11.6 Å². The predicted molar refractivity (Wildman–Crippen MR) is 123 cm³/mol. The fraction of sp³-hybridized carbons (Fsp3) is 0.556. The number of hydrogen-bond acceptors (Lipinski definition) is 10. The molecule has 1 aromatic rings. The molecule has 1 amide bonds. The lowest BCUT2D eigenvalue weighted by molar-refractivity contribution is -0.336. The second kappa shape index (κ2) is 6.30. The van der Waals surface area contributed by atoms with E-state index in [1.807, 2.05) is 30.3 Å². The van der Waals surface area contributed by atoms with Crippen molar-refractivity contribution in [3.05, 3.63) is 41.5 Å². The molecule has 5 bridgehead atoms. The van der Waals surface area contributed by atoms with Gasteiger partial charge in [-0.2, -0.15) is 0 Å². The van der Waals surface area contributed by atoms with Crippen LogP contribution in [0.3, 0.4) is 0 Å². The number of carbonyl (C=O) groups excluding carboxylic acids is 4. The van der Waals surface area contributed by atoms with E-state index in [0.29, 0.717) is 25.2 Å². The molecule has 1 aliphatic carbocycles. The minimum atomic E-state index is -2.44. The topological polar surface area (TPSA) is 132 Å². The highest BCUT2D eigenvalue weighted by Gasteiger charge is 2.89. The number of piperidine rings is 2. The van der Waals surface area contributed by atoms with Crippen LogP contribution in [-0.4, -0.2) is 82.8 Å². The van der Waals surface area contributed by atoms with Gasteiger partial charge in [0, 0.05) is 13.1 Å². The SMILES string of the molecule is O=C1CC2(O)CC(=O)OC34[C@H]5C6CC(=O)N3c3ccccc3[C@@]43CCN4CC(=CCO6)[C@@H]5C(O1)(OC2=O)[C@@H]43. The number of anilines is 1. The van der Waals surface area contributed by atoms with Gasteiger partial charge in [0.25, 0.3) is 5.79 Å². The van der Waals surface area contributed by atoms with Gasteiger partial charge in [-0.15, -0.1) is 0 Å². The van der Waals surface area contributed by atoms with Gasteiger partial charge < -0.3 is 24.1 Å². The number of rotatable bonds is 0. The summed E-state index contributed by atoms with van der Waals surface area (Å²) < 4.78 is 25.4. The lowest BCUT2D eigenvalue weighted by atomic mass is 9.48. The summed E-state index contributed by atoms with van der Waals surface area (Å²) in [6, 6.07) is 6.72. The molecule has 11 nitrogen and oxygen atoms in total. The maximum Gasteiger partial charge on any atom is 0.342 e. The summed E-state index contributed by atoms with van der Waals surface area (Å²) >= 11 is 0. The molecular formula is C27H24N2O9. The Hall–Kier alpha value is -3.28. The van der Waals surface area contributed by atoms with Crippen LogP contribution in [0.15, 0.2) is 35.9 Å². The Morgan fingerprint density at radius 3 is 2.63 bits per heavy atom. The Morgan fingerprint density at radius 2 is 1.79 bits per heavy atom. The first-order chi connectivity index (χ1) is 18.3. The van der Waals surface area contributed by atoms with Crippen LogP contribution in [0.2, 0.25) is 0 Å². The summed E-state index contributed by atoms with van der Waals surface area (Å²) in [5, 5.41) is 11.3. The number of benzene rings is 1. The van der Waals surface area contributed by atoms with Gasteiger partial charge in [0.05, 0.1) is 54.9 Å². The van der Waals surface area contributed by atoms with Crippen molar-refractivity contribution in [1.29, 1.82) is 0 Å². The number of fused-ring (bicyclic) bond motifs is 4. The third kappa shape index (κ3) is 2.02. The zero-order chi connectivity index (χ0) is 25.8. The molecule has 8 heterocycles. The minimum Gasteiger partial charge on any atom is -0.437 e. The Balaban J connectivity index is 1.47. The van der Waals surface area contributed by atoms with Crippen LogP contribution in [0.25, 0.3) is 0 Å². The maximum atomic E-state index is 14.0. The summed E-state index contributed by atoms with van der Waals surface area (Å²) in [5.74, 6) is -6.24. The van der Waals surface area contributed by atoms with E-state index in [2.05, 4.69) is 4.90 Å². The van der Waals surface area contributed by atoms with Gasteiger partial charge in [-0.3, -0.25) is 24.2 Å². The van der Waals surface area contributed by atoms with E-state index < -0.39 is 77.3 Å². The van der Waals surface area contributed by atoms with Crippen molar-refractivity contribution in [3.63, 3.8) is 0 Å². The van der Waals surface area contributed by atoms with E-state index in [1.54, 1.807) is 4.90 Å². The number of nitrogens with zero attached hydrogens (tertiary/aromatic N) is 2. The summed E-state index contributed by atoms with van der Waals surface area (Å²) in [5.41, 5.74) is -2.78. The number of carbonyl (C=O) groups is 4. The molecule has 6 saturated heterocycles. The Morgan fingerprint density at radius 1 is 1.00 bits per heavy atom. The number of esters is 3. The van der Waals surface area contributed by atoms with Gasteiger partial charge in [-0.05, 0) is 23.6 Å². The Labute approximate surface area is 216 Å². The molecular weight excluding hydrogens is 496 g/mol. The fourth-order valence-corrected chi connectivity index (χ4v) is 9.48. The van der Waals surface area contributed by atoms with Crippen LogP contribution in [-0.2, 0) is 43.5 Å². The third-order valence-corrected chi connectivity index (χ3v) is 10.4. The van der Waals surface area contributed by atoms with Crippen molar-refractivity contribution in [2.75, 3.05) is 24.6 Å². The third-order valence-electron chi connectivity index (χ3n) is 10.4. The maximum absolute atomic E-state index is 14.0. The summed E-state index contributed by atoms with van der Waals surface area (Å²) in [4.78, 5) is 58.7. The zero-order valence-electron chi connectivity index (χ0n) is 20.3. The molecule has 1 N–H and O–H groups in total. The van der Waals surface area contributed by atoms with Crippen molar-refractivity contribution in [3.8, 4) is 0 Å². The number of amides is 1. The zero-order valence-corrected chi connectivity index (χ0v) is 20.3. The molecule has 196 valence electrons. The molecule has 9 aliphatic rings. The number of hydrogen-bond donors (Lipinski definition) is 1. The lowest BCUT2D eigenvalue weighted by Gasteiger charge is -2.68. The number of ether oxygens (including phenoxy) is 4. The number of para-hydroxylation sites is 1. The lowest BCUT2D eigenvalue weighted by Crippen LogP contribution is -2.86. The normalized spacial score (nSPS) is 47.5. The van der Waals surface area contributed by atoms with E-state index in [-0.39, 0.29) is 18.9 Å². The predicted octanol–water partition coefficient (Wildman–Crippen LogP) is -0.106. The van der Waals surface area contributed by atoms with E-state index in [0.717, 1.165) is 11.1 Å². The first-order valence-electron chi connectivity index (χ1n) is 13.1. The smallest absolute Gasteiger partial charge is 0.342 e. The van der Waals surface area contributed by atoms with Crippen LogP contribution in [0, 0.1) is 11.8 Å². The molecule has 8 atom stereocenters. The van der Waals surface area contributed by atoms with Crippen LogP contribution in [0.5, 0.6) is 0 Å². The summed E-state index contributed by atoms with van der Waals surface area (Å²) in [6.45, 7) is 1.28. The van der Waals surface area contributed by atoms with Crippen LogP contribution < -0.4 is 4.90 Å². The highest BCUT2D eigenvalue weighted by molar-refractivity contribution is 6.01. The largest absolute Gasteiger partial charge is 0.437 e. The van der Waals surface area contributed by atoms with Crippen LogP contribution >= 0.6 is 0 Å². The highest BCUT2D eigenvalue weighted by atomic mass is 16.7. The fourth-order valence-electron chi connectivity index (χ4n) is 9.48. The van der Waals surface area contributed by atoms with Crippen molar-refractivity contribution in [1.82, 2.24) is 4.90 Å². The van der Waals surface area contributed by atoms with Gasteiger partial charge >= 0.3 is 17.9 Å².